The van der Waals surface area contributed by atoms with Crippen molar-refractivity contribution in [2.24, 2.45) is 0 Å². The zero-order chi connectivity index (χ0) is 17.2. The number of benzene rings is 1. The zero-order valence-electron chi connectivity index (χ0n) is 13.5. The molecule has 1 aromatic carbocycles. The second-order valence-electron chi connectivity index (χ2n) is 5.65. The highest BCUT2D eigenvalue weighted by Crippen LogP contribution is 2.32. The number of carbonyl (C=O) groups is 1. The molecule has 0 spiro atoms. The average Bonchev–Trinajstić information content (AvgIpc) is 3.10. The van der Waals surface area contributed by atoms with Gasteiger partial charge in [0.1, 0.15) is 0 Å². The van der Waals surface area contributed by atoms with Crippen LogP contribution in [0.4, 0.5) is 11.6 Å². The van der Waals surface area contributed by atoms with Crippen molar-refractivity contribution in [2.75, 3.05) is 10.6 Å². The van der Waals surface area contributed by atoms with Crippen molar-refractivity contribution in [3.8, 4) is 0 Å². The Hall–Kier alpha value is -3.55. The number of nitrogens with zero attached hydrogens (tertiary/aromatic N) is 4. The lowest BCUT2D eigenvalue weighted by molar-refractivity contribution is -0.393. The minimum Gasteiger partial charge on any atom is -0.326 e. The van der Waals surface area contributed by atoms with Crippen molar-refractivity contribution in [3.05, 3.63) is 71.7 Å². The maximum absolute atomic E-state index is 13.0. The number of para-hydroxylation sites is 1. The minimum absolute atomic E-state index is 0.209. The molecule has 0 radical (unpaired) electrons. The Balaban J connectivity index is 1.77. The van der Waals surface area contributed by atoms with Crippen LogP contribution in [-0.4, -0.2) is 26.1 Å². The Morgan fingerprint density at radius 2 is 2.00 bits per heavy atom. The fraction of sp³-hybridized carbons (Fsp3) is 0.118. The van der Waals surface area contributed by atoms with E-state index in [-0.39, 0.29) is 5.91 Å². The number of hydrogen-bond donors (Lipinski definition) is 2. The van der Waals surface area contributed by atoms with E-state index in [4.69, 9.17) is 0 Å². The Labute approximate surface area is 143 Å². The van der Waals surface area contributed by atoms with Gasteiger partial charge in [-0.05, 0) is 29.5 Å². The Morgan fingerprint density at radius 3 is 2.76 bits per heavy atom. The molecule has 1 atom stereocenters. The van der Waals surface area contributed by atoms with Gasteiger partial charge < -0.3 is 10.6 Å². The summed E-state index contributed by atoms with van der Waals surface area (Å²) >= 11 is 0. The first-order valence-electron chi connectivity index (χ1n) is 7.82. The molecule has 8 heteroatoms. The molecule has 3 aromatic rings. The van der Waals surface area contributed by atoms with Crippen molar-refractivity contribution < 1.29 is 9.78 Å². The molecule has 25 heavy (non-hydrogen) atoms. The number of hydrogen-bond acceptors (Lipinski definition) is 5. The number of carbonyl (C=O) groups excluding carboxylic acids is 1. The molecule has 8 nitrogen and oxygen atoms in total. The van der Waals surface area contributed by atoms with Crippen LogP contribution >= 0.6 is 0 Å². The fourth-order valence-electron chi connectivity index (χ4n) is 2.89. The van der Waals surface area contributed by atoms with E-state index in [1.807, 2.05) is 61.7 Å². The van der Waals surface area contributed by atoms with Crippen LogP contribution in [0.5, 0.6) is 0 Å². The maximum Gasteiger partial charge on any atom is 0.256 e. The average molecular weight is 334 g/mol. The van der Waals surface area contributed by atoms with Crippen molar-refractivity contribution >= 4 is 17.5 Å². The Bertz CT molecular complexity index is 934. The van der Waals surface area contributed by atoms with Gasteiger partial charge in [-0.25, -0.2) is 4.98 Å². The second-order valence-corrected chi connectivity index (χ2v) is 5.65. The number of anilines is 2. The van der Waals surface area contributed by atoms with Crippen LogP contribution in [0, 0.1) is 0 Å². The van der Waals surface area contributed by atoms with E-state index in [2.05, 4.69) is 31.1 Å². The summed E-state index contributed by atoms with van der Waals surface area (Å²) in [4.78, 5) is 16.2. The van der Waals surface area contributed by atoms with Crippen LogP contribution < -0.4 is 15.6 Å². The number of tetrazole rings is 1. The lowest BCUT2D eigenvalue weighted by Crippen LogP contribution is -2.34. The second kappa shape index (κ2) is 6.16. The molecule has 124 valence electrons. The number of allylic oxidation sites excluding steroid dienone is 1. The number of H-pyrrole nitrogens is 1. The summed E-state index contributed by atoms with van der Waals surface area (Å²) in [6, 6.07) is 14.6. The highest BCUT2D eigenvalue weighted by atomic mass is 16.1. The van der Waals surface area contributed by atoms with Gasteiger partial charge in [-0.3, -0.25) is 4.79 Å². The maximum atomic E-state index is 13.0. The quantitative estimate of drug-likeness (QED) is 0.754. The van der Waals surface area contributed by atoms with Gasteiger partial charge in [0, 0.05) is 23.5 Å². The van der Waals surface area contributed by atoms with E-state index in [9.17, 15) is 4.79 Å². The van der Waals surface area contributed by atoms with E-state index in [1.54, 1.807) is 4.68 Å². The summed E-state index contributed by atoms with van der Waals surface area (Å²) in [6.07, 6.45) is 1.81. The number of nitrogens with one attached hydrogen (secondary N) is 3. The van der Waals surface area contributed by atoms with Gasteiger partial charge in [0.25, 0.3) is 5.91 Å². The van der Waals surface area contributed by atoms with Gasteiger partial charge >= 0.3 is 0 Å². The third kappa shape index (κ3) is 2.74. The van der Waals surface area contributed by atoms with Crippen LogP contribution in [0.1, 0.15) is 18.7 Å². The topological polar surface area (TPSA) is 98.9 Å². The molecule has 0 saturated heterocycles. The first-order valence-corrected chi connectivity index (χ1v) is 7.82. The molecule has 1 unspecified atom stereocenters. The van der Waals surface area contributed by atoms with Gasteiger partial charge in [-0.15, -0.1) is 0 Å². The predicted molar refractivity (Wildman–Crippen MR) is 90.3 cm³/mol. The van der Waals surface area contributed by atoms with Gasteiger partial charge in [0.15, 0.2) is 12.2 Å². The van der Waals surface area contributed by atoms with Crippen LogP contribution in [0.15, 0.2) is 66.0 Å². The first-order chi connectivity index (χ1) is 12.2. The molecule has 0 saturated carbocycles. The van der Waals surface area contributed by atoms with Gasteiger partial charge in [-0.1, -0.05) is 29.4 Å². The van der Waals surface area contributed by atoms with Gasteiger partial charge in [0.2, 0.25) is 11.6 Å². The minimum atomic E-state index is -0.448. The number of aromatic nitrogens is 5. The molecule has 3 heterocycles. The Kier molecular flexibility index (Phi) is 3.70. The van der Waals surface area contributed by atoms with Crippen LogP contribution in [0.3, 0.4) is 0 Å². The third-order valence-electron chi connectivity index (χ3n) is 4.02. The van der Waals surface area contributed by atoms with Gasteiger partial charge in [0.05, 0.1) is 5.57 Å². The fourth-order valence-corrected chi connectivity index (χ4v) is 2.89. The van der Waals surface area contributed by atoms with Crippen molar-refractivity contribution in [3.63, 3.8) is 0 Å². The molecule has 1 aliphatic heterocycles. The molecule has 4 rings (SSSR count). The molecule has 1 aliphatic rings. The normalized spacial score (nSPS) is 16.1. The molecular weight excluding hydrogens is 318 g/mol. The summed E-state index contributed by atoms with van der Waals surface area (Å²) < 4.78 is 1.60. The number of fused-ring (bicyclic) bond motifs is 1. The van der Waals surface area contributed by atoms with Crippen LogP contribution in [0.25, 0.3) is 0 Å². The smallest absolute Gasteiger partial charge is 0.256 e. The molecule has 1 amide bonds. The number of pyridine rings is 1. The number of aromatic amines is 1. The molecule has 0 aliphatic carbocycles. The predicted octanol–water partition coefficient (Wildman–Crippen LogP) is 1.41. The largest absolute Gasteiger partial charge is 0.326 e. The molecule has 0 fully saturated rings. The summed E-state index contributed by atoms with van der Waals surface area (Å²) in [5.41, 5.74) is 2.80. The standard InChI is InChI=1S/C17H15N7O/c1-11-14(16(25)20-12-7-3-2-4-8-12)15(13-9-5-6-10-18-13)24-17(19-11)21-22-23-24/h2-10,15H,1H3,(H,20,25)(H,19,21,23)/p+1. The van der Waals surface area contributed by atoms with E-state index in [0.29, 0.717) is 17.2 Å². The van der Waals surface area contributed by atoms with Gasteiger partial charge in [-0.2, -0.15) is 4.68 Å². The molecule has 2 aromatic heterocycles. The molecule has 0 bridgehead atoms. The third-order valence-corrected chi connectivity index (χ3v) is 4.02. The van der Waals surface area contributed by atoms with Crippen molar-refractivity contribution in [1.82, 2.24) is 20.2 Å². The molecule has 3 N–H and O–H groups in total. The Morgan fingerprint density at radius 1 is 1.20 bits per heavy atom. The summed E-state index contributed by atoms with van der Waals surface area (Å²) in [7, 11) is 0. The van der Waals surface area contributed by atoms with Crippen LogP contribution in [-0.2, 0) is 4.79 Å². The van der Waals surface area contributed by atoms with Crippen LogP contribution in [0.2, 0.25) is 0 Å². The highest BCUT2D eigenvalue weighted by Gasteiger charge is 2.37. The lowest BCUT2D eigenvalue weighted by Gasteiger charge is -2.25. The van der Waals surface area contributed by atoms with E-state index >= 15 is 0 Å². The highest BCUT2D eigenvalue weighted by molar-refractivity contribution is 6.05. The number of rotatable bonds is 3. The van der Waals surface area contributed by atoms with Crippen molar-refractivity contribution in [1.29, 1.82) is 0 Å². The summed E-state index contributed by atoms with van der Waals surface area (Å²) in [6.45, 7) is 1.84. The molecular formula is C17H16N7O+. The summed E-state index contributed by atoms with van der Waals surface area (Å²) in [5, 5.41) is 17.8. The number of amides is 1. The SMILES string of the molecule is CC1=C(C(=O)Nc2ccccc2)C(c2cccc[nH+]2)n2nnnc2N1. The summed E-state index contributed by atoms with van der Waals surface area (Å²) in [5.74, 6) is 0.288. The monoisotopic (exact) mass is 334 g/mol. The zero-order valence-corrected chi connectivity index (χ0v) is 13.5. The lowest BCUT2D eigenvalue weighted by atomic mass is 9.98. The van der Waals surface area contributed by atoms with E-state index in [0.717, 1.165) is 11.4 Å². The van der Waals surface area contributed by atoms with E-state index < -0.39 is 6.04 Å². The first kappa shape index (κ1) is 15.0. The van der Waals surface area contributed by atoms with Crippen molar-refractivity contribution in [2.45, 2.75) is 13.0 Å². The van der Waals surface area contributed by atoms with E-state index in [1.165, 1.54) is 0 Å².